The highest BCUT2D eigenvalue weighted by Crippen LogP contribution is 2.45. The molecule has 1 saturated heterocycles. The fraction of sp³-hybridized carbons (Fsp3) is 0.840. The minimum absolute atomic E-state index is 0.0558. The van der Waals surface area contributed by atoms with Gasteiger partial charge in [-0.05, 0) is 75.4 Å². The van der Waals surface area contributed by atoms with E-state index >= 15 is 0 Å². The summed E-state index contributed by atoms with van der Waals surface area (Å²) in [7, 11) is -0.910. The van der Waals surface area contributed by atoms with Gasteiger partial charge in [-0.1, -0.05) is 26.0 Å². The molecule has 1 aliphatic heterocycles. The minimum atomic E-state index is -2.32. The maximum Gasteiger partial charge on any atom is 0.305 e. The van der Waals surface area contributed by atoms with Crippen LogP contribution < -0.4 is 0 Å². The van der Waals surface area contributed by atoms with E-state index in [2.05, 4.69) is 30.7 Å². The second kappa shape index (κ2) is 12.4. The van der Waals surface area contributed by atoms with Gasteiger partial charge in [0.15, 0.2) is 14.6 Å². The van der Waals surface area contributed by atoms with Crippen molar-refractivity contribution in [2.24, 2.45) is 11.8 Å². The molecule has 1 N–H and O–H groups in total. The van der Waals surface area contributed by atoms with E-state index in [1.807, 2.05) is 13.1 Å². The first kappa shape index (κ1) is 27.2. The number of rotatable bonds is 12. The summed E-state index contributed by atoms with van der Waals surface area (Å²) in [5.74, 6) is 0.170. The van der Waals surface area contributed by atoms with Gasteiger partial charge in [0.1, 0.15) is 5.78 Å². The number of allylic oxidation sites excluding steroid dienone is 2. The van der Waals surface area contributed by atoms with Gasteiger partial charge in [-0.15, -0.1) is 0 Å². The van der Waals surface area contributed by atoms with Crippen molar-refractivity contribution in [3.8, 4) is 0 Å². The number of carbonyl (C=O) groups is 2. The van der Waals surface area contributed by atoms with Crippen molar-refractivity contribution in [1.82, 2.24) is 0 Å². The summed E-state index contributed by atoms with van der Waals surface area (Å²) < 4.78 is 16.8. The topological polar surface area (TPSA) is 82.1 Å². The van der Waals surface area contributed by atoms with E-state index in [-0.39, 0.29) is 41.0 Å². The molecule has 2 aliphatic rings. The molecule has 0 spiro atoms. The highest BCUT2D eigenvalue weighted by atomic mass is 28.4. The van der Waals surface area contributed by atoms with Crippen molar-refractivity contribution in [1.29, 1.82) is 0 Å². The number of hydrogen-bond acceptors (Lipinski definition) is 6. The van der Waals surface area contributed by atoms with Crippen LogP contribution in [0.15, 0.2) is 12.2 Å². The molecule has 0 radical (unpaired) electrons. The predicted molar refractivity (Wildman–Crippen MR) is 128 cm³/mol. The van der Waals surface area contributed by atoms with Crippen molar-refractivity contribution in [2.45, 2.75) is 109 Å². The van der Waals surface area contributed by atoms with Crippen LogP contribution in [-0.4, -0.2) is 51.0 Å². The number of unbranched alkanes of at least 4 members (excludes halogenated alkanes) is 1. The molecule has 6 nitrogen and oxygen atoms in total. The van der Waals surface area contributed by atoms with E-state index in [4.69, 9.17) is 9.47 Å². The monoisotopic (exact) mass is 468 g/mol. The van der Waals surface area contributed by atoms with Crippen molar-refractivity contribution in [2.75, 3.05) is 13.7 Å². The largest absolute Gasteiger partial charge is 0.469 e. The Balaban J connectivity index is 2.00. The second-order valence-corrected chi connectivity index (χ2v) is 15.0. The number of hydrogen-bond donors (Lipinski definition) is 1. The van der Waals surface area contributed by atoms with Crippen LogP contribution in [0.4, 0.5) is 0 Å². The molecule has 0 aromatic rings. The molecule has 4 atom stereocenters. The molecule has 32 heavy (non-hydrogen) atoms. The maximum absolute atomic E-state index is 12.9. The third-order valence-corrected chi connectivity index (χ3v) is 11.1. The van der Waals surface area contributed by atoms with Gasteiger partial charge in [0.2, 0.25) is 0 Å². The highest BCUT2D eigenvalue weighted by molar-refractivity contribution is 6.72. The lowest BCUT2D eigenvalue weighted by atomic mass is 9.85. The van der Waals surface area contributed by atoms with E-state index in [0.29, 0.717) is 19.3 Å². The molecule has 0 aromatic heterocycles. The summed E-state index contributed by atoms with van der Waals surface area (Å²) in [5.41, 5.74) is 0. The van der Waals surface area contributed by atoms with Gasteiger partial charge < -0.3 is 19.0 Å². The predicted octanol–water partition coefficient (Wildman–Crippen LogP) is 5.15. The Hall–Kier alpha value is -1.02. The third kappa shape index (κ3) is 8.08. The fourth-order valence-corrected chi connectivity index (χ4v) is 5.27. The number of ketones is 1. The molecule has 184 valence electrons. The van der Waals surface area contributed by atoms with E-state index in [1.165, 1.54) is 7.11 Å². The fourth-order valence-electron chi connectivity index (χ4n) is 4.52. The van der Waals surface area contributed by atoms with Gasteiger partial charge >= 0.3 is 5.97 Å². The maximum atomic E-state index is 12.9. The van der Waals surface area contributed by atoms with Crippen molar-refractivity contribution in [3.63, 3.8) is 0 Å². The number of methoxy groups -OCH3 is 1. The number of carbonyl (C=O) groups excluding carboxylic acids is 2. The first-order chi connectivity index (χ1) is 15.0. The Morgan fingerprint density at radius 3 is 2.66 bits per heavy atom. The first-order valence-electron chi connectivity index (χ1n) is 12.3. The highest BCUT2D eigenvalue weighted by Gasteiger charge is 2.45. The van der Waals surface area contributed by atoms with Crippen LogP contribution in [0, 0.1) is 11.8 Å². The Kier molecular flexibility index (Phi) is 10.6. The Labute approximate surface area is 195 Å². The SMILES string of the molecule is COC(=O)CCC/C=C\C[C@H]1C(=O)C[C@@H](OC2CCCCO2)[C@@H]1CCC(C)(C)[Si](C)(C)O. The molecule has 7 heteroatoms. The molecule has 2 fully saturated rings. The zero-order valence-corrected chi connectivity index (χ0v) is 21.7. The van der Waals surface area contributed by atoms with Crippen LogP contribution in [0.2, 0.25) is 18.1 Å². The average Bonchev–Trinajstić information content (AvgIpc) is 3.02. The van der Waals surface area contributed by atoms with Crippen molar-refractivity contribution in [3.05, 3.63) is 12.2 Å². The van der Waals surface area contributed by atoms with Crippen molar-refractivity contribution >= 4 is 20.1 Å². The molecule has 1 aliphatic carbocycles. The number of esters is 1. The van der Waals surface area contributed by atoms with Gasteiger partial charge in [0, 0.05) is 25.4 Å². The second-order valence-electron chi connectivity index (χ2n) is 10.6. The molecule has 0 amide bonds. The molecule has 0 aromatic carbocycles. The molecule has 1 heterocycles. The summed E-state index contributed by atoms with van der Waals surface area (Å²) in [4.78, 5) is 34.9. The summed E-state index contributed by atoms with van der Waals surface area (Å²) in [6, 6.07) is 0. The smallest absolute Gasteiger partial charge is 0.305 e. The average molecular weight is 469 g/mol. The van der Waals surface area contributed by atoms with Gasteiger partial charge in [-0.3, -0.25) is 9.59 Å². The zero-order chi connectivity index (χ0) is 23.8. The van der Waals surface area contributed by atoms with E-state index < -0.39 is 8.32 Å². The number of ether oxygens (including phenoxy) is 3. The van der Waals surface area contributed by atoms with Crippen LogP contribution in [-0.2, 0) is 23.8 Å². The lowest BCUT2D eigenvalue weighted by Crippen LogP contribution is -2.40. The van der Waals surface area contributed by atoms with E-state index in [9.17, 15) is 14.4 Å². The third-order valence-electron chi connectivity index (χ3n) is 7.57. The lowest BCUT2D eigenvalue weighted by molar-refractivity contribution is -0.196. The summed E-state index contributed by atoms with van der Waals surface area (Å²) in [5, 5.41) is -0.126. The summed E-state index contributed by atoms with van der Waals surface area (Å²) in [6.07, 6.45) is 11.8. The molecule has 1 saturated carbocycles. The standard InChI is InChI=1S/C25H44O6Si/c1-25(2,32(4,5)28)16-15-20-19(12-8-6-7-9-13-23(27)29-3)21(26)18-22(20)31-24-14-10-11-17-30-24/h6,8,19-20,22,24,28H,7,9-18H2,1-5H3/b8-6-/t19-,20-,22-,24?/m1/s1. The quantitative estimate of drug-likeness (QED) is 0.185. The first-order valence-corrected chi connectivity index (χ1v) is 15.2. The number of Topliss-reactive ketones (excluding diaryl/α,β-unsaturated/α-hetero) is 1. The van der Waals surface area contributed by atoms with Crippen LogP contribution in [0.1, 0.15) is 78.1 Å². The van der Waals surface area contributed by atoms with Crippen LogP contribution >= 0.6 is 0 Å². The normalized spacial score (nSPS) is 27.2. The van der Waals surface area contributed by atoms with E-state index in [0.717, 1.165) is 51.6 Å². The van der Waals surface area contributed by atoms with Gasteiger partial charge in [0.25, 0.3) is 0 Å². The Morgan fingerprint density at radius 2 is 2.03 bits per heavy atom. The van der Waals surface area contributed by atoms with Crippen LogP contribution in [0.5, 0.6) is 0 Å². The Bertz CT molecular complexity index is 633. The lowest BCUT2D eigenvalue weighted by Gasteiger charge is -2.37. The summed E-state index contributed by atoms with van der Waals surface area (Å²) in [6.45, 7) is 9.00. The molecule has 1 unspecified atom stereocenters. The van der Waals surface area contributed by atoms with Crippen LogP contribution in [0.25, 0.3) is 0 Å². The minimum Gasteiger partial charge on any atom is -0.469 e. The summed E-state index contributed by atoms with van der Waals surface area (Å²) >= 11 is 0. The van der Waals surface area contributed by atoms with Gasteiger partial charge in [-0.2, -0.15) is 0 Å². The van der Waals surface area contributed by atoms with Gasteiger partial charge in [0.05, 0.1) is 13.2 Å². The molecule has 0 bridgehead atoms. The Morgan fingerprint density at radius 1 is 1.28 bits per heavy atom. The zero-order valence-electron chi connectivity index (χ0n) is 20.7. The molecular formula is C25H44O6Si. The molecule has 2 rings (SSSR count). The van der Waals surface area contributed by atoms with Crippen molar-refractivity contribution < 1.29 is 28.6 Å². The van der Waals surface area contributed by atoms with Crippen LogP contribution in [0.3, 0.4) is 0 Å². The van der Waals surface area contributed by atoms with E-state index in [1.54, 1.807) is 0 Å². The molecular weight excluding hydrogens is 424 g/mol. The van der Waals surface area contributed by atoms with Gasteiger partial charge in [-0.25, -0.2) is 0 Å².